The van der Waals surface area contributed by atoms with E-state index in [2.05, 4.69) is 26.1 Å². The van der Waals surface area contributed by atoms with Crippen LogP contribution in [0.2, 0.25) is 0 Å². The summed E-state index contributed by atoms with van der Waals surface area (Å²) in [6, 6.07) is 7.42. The summed E-state index contributed by atoms with van der Waals surface area (Å²) in [7, 11) is 0. The lowest BCUT2D eigenvalue weighted by molar-refractivity contribution is 0.385. The predicted octanol–water partition coefficient (Wildman–Crippen LogP) is 4.17. The first-order valence-corrected chi connectivity index (χ1v) is 7.13. The van der Waals surface area contributed by atoms with Crippen molar-refractivity contribution in [3.8, 4) is 0 Å². The van der Waals surface area contributed by atoms with Crippen LogP contribution in [0.5, 0.6) is 0 Å². The van der Waals surface area contributed by atoms with E-state index in [0.29, 0.717) is 6.04 Å². The molecule has 0 heterocycles. The zero-order valence-corrected chi connectivity index (χ0v) is 11.9. The van der Waals surface area contributed by atoms with E-state index >= 15 is 0 Å². The third kappa shape index (κ3) is 5.63. The van der Waals surface area contributed by atoms with Gasteiger partial charge in [-0.05, 0) is 43.0 Å². The van der Waals surface area contributed by atoms with E-state index in [1.807, 2.05) is 6.07 Å². The van der Waals surface area contributed by atoms with Gasteiger partial charge in [-0.15, -0.1) is 0 Å². The van der Waals surface area contributed by atoms with Gasteiger partial charge >= 0.3 is 0 Å². The monoisotopic (exact) mass is 251 g/mol. The molecular formula is C16H26FN. The molecule has 1 aromatic carbocycles. The van der Waals surface area contributed by atoms with E-state index < -0.39 is 0 Å². The third-order valence-electron chi connectivity index (χ3n) is 3.33. The van der Waals surface area contributed by atoms with Crippen molar-refractivity contribution < 1.29 is 4.39 Å². The molecule has 0 aliphatic rings. The first-order chi connectivity index (χ1) is 8.65. The molecule has 1 N–H and O–H groups in total. The fourth-order valence-electron chi connectivity index (χ4n) is 2.57. The fourth-order valence-corrected chi connectivity index (χ4v) is 2.57. The quantitative estimate of drug-likeness (QED) is 0.731. The van der Waals surface area contributed by atoms with E-state index in [4.69, 9.17) is 0 Å². The van der Waals surface area contributed by atoms with Gasteiger partial charge in [0.1, 0.15) is 5.82 Å². The standard InChI is InChI=1S/C16H26FN/c1-4-7-13(3)10-16(18-5-2)12-14-8-6-9-15(17)11-14/h6,8-9,11,13,16,18H,4-5,7,10,12H2,1-3H3. The zero-order valence-electron chi connectivity index (χ0n) is 11.9. The molecule has 0 radical (unpaired) electrons. The van der Waals surface area contributed by atoms with Gasteiger partial charge in [0, 0.05) is 6.04 Å². The first kappa shape index (κ1) is 15.2. The second-order valence-electron chi connectivity index (χ2n) is 5.22. The van der Waals surface area contributed by atoms with Gasteiger partial charge < -0.3 is 5.32 Å². The molecule has 0 fully saturated rings. The Morgan fingerprint density at radius 1 is 1.28 bits per heavy atom. The molecule has 0 aliphatic heterocycles. The van der Waals surface area contributed by atoms with Gasteiger partial charge in [-0.1, -0.05) is 45.7 Å². The Morgan fingerprint density at radius 3 is 2.67 bits per heavy atom. The van der Waals surface area contributed by atoms with Crippen molar-refractivity contribution >= 4 is 0 Å². The highest BCUT2D eigenvalue weighted by molar-refractivity contribution is 5.17. The van der Waals surface area contributed by atoms with Crippen molar-refractivity contribution in [1.82, 2.24) is 5.32 Å². The van der Waals surface area contributed by atoms with Gasteiger partial charge in [-0.2, -0.15) is 0 Å². The molecule has 1 aromatic rings. The van der Waals surface area contributed by atoms with Gasteiger partial charge in [-0.25, -0.2) is 4.39 Å². The number of rotatable bonds is 8. The summed E-state index contributed by atoms with van der Waals surface area (Å²) >= 11 is 0. The summed E-state index contributed by atoms with van der Waals surface area (Å²) in [6.07, 6.45) is 4.59. The molecule has 0 spiro atoms. The van der Waals surface area contributed by atoms with E-state index in [1.165, 1.54) is 18.9 Å². The van der Waals surface area contributed by atoms with Crippen molar-refractivity contribution in [3.05, 3.63) is 35.6 Å². The molecule has 2 atom stereocenters. The van der Waals surface area contributed by atoms with Crippen LogP contribution in [0.25, 0.3) is 0 Å². The molecule has 1 rings (SSSR count). The van der Waals surface area contributed by atoms with Crippen LogP contribution in [0, 0.1) is 11.7 Å². The molecule has 102 valence electrons. The normalized spacial score (nSPS) is 14.4. The Kier molecular flexibility index (Phi) is 6.96. The second kappa shape index (κ2) is 8.25. The number of halogens is 1. The van der Waals surface area contributed by atoms with Gasteiger partial charge in [0.15, 0.2) is 0 Å². The molecular weight excluding hydrogens is 225 g/mol. The predicted molar refractivity (Wildman–Crippen MR) is 76.3 cm³/mol. The van der Waals surface area contributed by atoms with Crippen LogP contribution in [0.1, 0.15) is 45.6 Å². The van der Waals surface area contributed by atoms with Gasteiger partial charge in [0.05, 0.1) is 0 Å². The average molecular weight is 251 g/mol. The molecule has 0 aromatic heterocycles. The number of nitrogens with one attached hydrogen (secondary N) is 1. The van der Waals surface area contributed by atoms with Crippen molar-refractivity contribution in [2.75, 3.05) is 6.54 Å². The molecule has 18 heavy (non-hydrogen) atoms. The number of hydrogen-bond acceptors (Lipinski definition) is 1. The van der Waals surface area contributed by atoms with Crippen molar-refractivity contribution in [2.24, 2.45) is 5.92 Å². The van der Waals surface area contributed by atoms with Gasteiger partial charge in [0.2, 0.25) is 0 Å². The lowest BCUT2D eigenvalue weighted by Gasteiger charge is -2.21. The SMILES string of the molecule is CCCC(C)CC(Cc1cccc(F)c1)NCC. The summed E-state index contributed by atoms with van der Waals surface area (Å²) < 4.78 is 13.2. The Bertz CT molecular complexity index is 338. The summed E-state index contributed by atoms with van der Waals surface area (Å²) in [5.41, 5.74) is 1.09. The molecule has 0 saturated heterocycles. The average Bonchev–Trinajstić information content (AvgIpc) is 2.29. The van der Waals surface area contributed by atoms with E-state index in [-0.39, 0.29) is 5.82 Å². The smallest absolute Gasteiger partial charge is 0.123 e. The fraction of sp³-hybridized carbons (Fsp3) is 0.625. The molecule has 0 amide bonds. The van der Waals surface area contributed by atoms with Crippen molar-refractivity contribution in [1.29, 1.82) is 0 Å². The maximum Gasteiger partial charge on any atom is 0.123 e. The Hall–Kier alpha value is -0.890. The summed E-state index contributed by atoms with van der Waals surface area (Å²) in [5, 5.41) is 3.52. The minimum absolute atomic E-state index is 0.135. The van der Waals surface area contributed by atoms with Crippen LogP contribution < -0.4 is 5.32 Å². The molecule has 2 heteroatoms. The van der Waals surface area contributed by atoms with Crippen LogP contribution in [-0.2, 0) is 6.42 Å². The number of likely N-dealkylation sites (N-methyl/N-ethyl adjacent to an activating group) is 1. The maximum atomic E-state index is 13.2. The van der Waals surface area contributed by atoms with Crippen molar-refractivity contribution in [3.63, 3.8) is 0 Å². The zero-order chi connectivity index (χ0) is 13.4. The third-order valence-corrected chi connectivity index (χ3v) is 3.33. The highest BCUT2D eigenvalue weighted by atomic mass is 19.1. The van der Waals surface area contributed by atoms with Gasteiger partial charge in [-0.3, -0.25) is 0 Å². The van der Waals surface area contributed by atoms with Gasteiger partial charge in [0.25, 0.3) is 0 Å². The summed E-state index contributed by atoms with van der Waals surface area (Å²) in [6.45, 7) is 7.63. The maximum absolute atomic E-state index is 13.2. The van der Waals surface area contributed by atoms with Crippen LogP contribution in [0.4, 0.5) is 4.39 Å². The van der Waals surface area contributed by atoms with Crippen LogP contribution in [0.15, 0.2) is 24.3 Å². The van der Waals surface area contributed by atoms with Crippen LogP contribution in [0.3, 0.4) is 0 Å². The Balaban J connectivity index is 2.56. The largest absolute Gasteiger partial charge is 0.314 e. The lowest BCUT2D eigenvalue weighted by atomic mass is 9.93. The highest BCUT2D eigenvalue weighted by Crippen LogP contribution is 2.16. The molecule has 0 bridgehead atoms. The lowest BCUT2D eigenvalue weighted by Crippen LogP contribution is -2.32. The van der Waals surface area contributed by atoms with Crippen LogP contribution in [-0.4, -0.2) is 12.6 Å². The number of benzene rings is 1. The minimum Gasteiger partial charge on any atom is -0.314 e. The summed E-state index contributed by atoms with van der Waals surface area (Å²) in [4.78, 5) is 0. The van der Waals surface area contributed by atoms with E-state index in [0.717, 1.165) is 30.9 Å². The number of hydrogen-bond donors (Lipinski definition) is 1. The molecule has 0 saturated carbocycles. The molecule has 2 unspecified atom stereocenters. The van der Waals surface area contributed by atoms with E-state index in [1.54, 1.807) is 12.1 Å². The topological polar surface area (TPSA) is 12.0 Å². The molecule has 0 aliphatic carbocycles. The Morgan fingerprint density at radius 2 is 2.06 bits per heavy atom. The molecule has 1 nitrogen and oxygen atoms in total. The van der Waals surface area contributed by atoms with Crippen molar-refractivity contribution in [2.45, 2.75) is 52.5 Å². The summed E-state index contributed by atoms with van der Waals surface area (Å²) in [5.74, 6) is 0.594. The second-order valence-corrected chi connectivity index (χ2v) is 5.22. The highest BCUT2D eigenvalue weighted by Gasteiger charge is 2.12. The Labute approximate surface area is 111 Å². The van der Waals surface area contributed by atoms with E-state index in [9.17, 15) is 4.39 Å². The minimum atomic E-state index is -0.135. The first-order valence-electron chi connectivity index (χ1n) is 7.13. The van der Waals surface area contributed by atoms with Crippen LogP contribution >= 0.6 is 0 Å².